The molecule has 1 heterocycles. The molecular weight excluding hydrogens is 264 g/mol. The minimum absolute atomic E-state index is 0.156. The van der Waals surface area contributed by atoms with Crippen LogP contribution in [0.2, 0.25) is 0 Å². The largest absolute Gasteiger partial charge is 0.467 e. The zero-order valence-electron chi connectivity index (χ0n) is 12.3. The first kappa shape index (κ1) is 15.9. The molecule has 1 aromatic heterocycles. The minimum atomic E-state index is -0.613. The van der Waals surface area contributed by atoms with Gasteiger partial charge in [0.05, 0.1) is 25.5 Å². The second-order valence-electron chi connectivity index (χ2n) is 5.22. The highest BCUT2D eigenvalue weighted by molar-refractivity contribution is 5.73. The van der Waals surface area contributed by atoms with Crippen molar-refractivity contribution in [2.24, 2.45) is 0 Å². The second-order valence-corrected chi connectivity index (χ2v) is 5.22. The fraction of sp³-hybridized carbons (Fsp3) is 0.667. The zero-order valence-corrected chi connectivity index (χ0v) is 12.3. The lowest BCUT2D eigenvalue weighted by molar-refractivity contribution is -0.144. The zero-order chi connectivity index (χ0) is 15.3. The molecule has 1 rings (SSSR count). The van der Waals surface area contributed by atoms with E-state index in [4.69, 9.17) is 4.74 Å². The highest BCUT2D eigenvalue weighted by Crippen LogP contribution is 2.10. The number of methoxy groups -OCH3 is 1. The van der Waals surface area contributed by atoms with Crippen LogP contribution >= 0.6 is 0 Å². The van der Waals surface area contributed by atoms with Crippen LogP contribution in [0, 0.1) is 0 Å². The van der Waals surface area contributed by atoms with Crippen LogP contribution in [0.4, 0.5) is 4.79 Å². The molecule has 1 N–H and O–H groups in total. The lowest BCUT2D eigenvalue weighted by Crippen LogP contribution is -2.33. The number of aromatic nitrogens is 3. The molecule has 0 aromatic carbocycles. The van der Waals surface area contributed by atoms with Crippen LogP contribution in [0.3, 0.4) is 0 Å². The molecule has 20 heavy (non-hydrogen) atoms. The molecule has 0 fully saturated rings. The molecule has 1 amide bonds. The van der Waals surface area contributed by atoms with E-state index in [0.717, 1.165) is 0 Å². The van der Waals surface area contributed by atoms with Crippen LogP contribution in [0.1, 0.15) is 39.4 Å². The number of amides is 1. The Morgan fingerprint density at radius 3 is 2.65 bits per heavy atom. The Morgan fingerprint density at radius 2 is 2.10 bits per heavy atom. The SMILES string of the molecule is COC(=O)[C@H](C)n1nncc1CNC(=O)OC(C)(C)C. The Hall–Kier alpha value is -2.12. The predicted octanol–water partition coefficient (Wildman–Crippen LogP) is 1.04. The fourth-order valence-electron chi connectivity index (χ4n) is 1.46. The summed E-state index contributed by atoms with van der Waals surface area (Å²) in [6, 6.07) is -0.613. The number of hydrogen-bond acceptors (Lipinski definition) is 6. The number of nitrogens with zero attached hydrogens (tertiary/aromatic N) is 3. The average molecular weight is 284 g/mol. The van der Waals surface area contributed by atoms with E-state index in [-0.39, 0.29) is 6.54 Å². The van der Waals surface area contributed by atoms with E-state index in [1.807, 2.05) is 0 Å². The minimum Gasteiger partial charge on any atom is -0.467 e. The summed E-state index contributed by atoms with van der Waals surface area (Å²) >= 11 is 0. The molecule has 0 aliphatic heterocycles. The summed E-state index contributed by atoms with van der Waals surface area (Å²) < 4.78 is 11.1. The van der Waals surface area contributed by atoms with Gasteiger partial charge in [0, 0.05) is 0 Å². The van der Waals surface area contributed by atoms with Gasteiger partial charge in [-0.05, 0) is 27.7 Å². The van der Waals surface area contributed by atoms with Crippen molar-refractivity contribution < 1.29 is 19.1 Å². The first-order valence-corrected chi connectivity index (χ1v) is 6.18. The topological polar surface area (TPSA) is 95.3 Å². The number of ether oxygens (including phenoxy) is 2. The van der Waals surface area contributed by atoms with E-state index in [9.17, 15) is 9.59 Å². The highest BCUT2D eigenvalue weighted by Gasteiger charge is 2.21. The van der Waals surface area contributed by atoms with Crippen molar-refractivity contribution in [3.63, 3.8) is 0 Å². The maximum Gasteiger partial charge on any atom is 0.407 e. The molecule has 0 saturated heterocycles. The molecule has 1 aromatic rings. The van der Waals surface area contributed by atoms with Gasteiger partial charge in [0.2, 0.25) is 0 Å². The van der Waals surface area contributed by atoms with Gasteiger partial charge in [0.1, 0.15) is 11.6 Å². The molecule has 0 saturated carbocycles. The van der Waals surface area contributed by atoms with Crippen molar-refractivity contribution in [1.82, 2.24) is 20.3 Å². The van der Waals surface area contributed by atoms with Gasteiger partial charge in [-0.3, -0.25) is 0 Å². The Bertz CT molecular complexity index is 478. The van der Waals surface area contributed by atoms with Gasteiger partial charge in [-0.15, -0.1) is 5.10 Å². The van der Waals surface area contributed by atoms with Gasteiger partial charge in [0.15, 0.2) is 0 Å². The molecule has 0 aliphatic rings. The van der Waals surface area contributed by atoms with Crippen LogP contribution < -0.4 is 5.32 Å². The number of carbonyl (C=O) groups is 2. The third-order valence-corrected chi connectivity index (χ3v) is 2.37. The predicted molar refractivity (Wildman–Crippen MR) is 69.8 cm³/mol. The second kappa shape index (κ2) is 6.36. The van der Waals surface area contributed by atoms with Crippen LogP contribution in [0.15, 0.2) is 6.20 Å². The Labute approximate surface area is 117 Å². The van der Waals surface area contributed by atoms with E-state index >= 15 is 0 Å². The summed E-state index contributed by atoms with van der Waals surface area (Å²) in [7, 11) is 1.30. The van der Waals surface area contributed by atoms with Crippen molar-refractivity contribution in [3.05, 3.63) is 11.9 Å². The molecule has 0 radical (unpaired) electrons. The number of rotatable bonds is 4. The molecule has 1 atom stereocenters. The first-order valence-electron chi connectivity index (χ1n) is 6.18. The highest BCUT2D eigenvalue weighted by atomic mass is 16.6. The molecule has 0 aliphatic carbocycles. The van der Waals surface area contributed by atoms with Crippen LogP contribution in [-0.4, -0.2) is 39.8 Å². The van der Waals surface area contributed by atoms with Crippen LogP contribution in [0.25, 0.3) is 0 Å². The average Bonchev–Trinajstić information content (AvgIpc) is 2.80. The van der Waals surface area contributed by atoms with E-state index in [1.54, 1.807) is 27.7 Å². The number of nitrogens with one attached hydrogen (secondary N) is 1. The van der Waals surface area contributed by atoms with E-state index < -0.39 is 23.7 Å². The van der Waals surface area contributed by atoms with Crippen molar-refractivity contribution in [2.45, 2.75) is 45.9 Å². The van der Waals surface area contributed by atoms with Gasteiger partial charge in [-0.2, -0.15) is 0 Å². The van der Waals surface area contributed by atoms with Gasteiger partial charge in [-0.1, -0.05) is 5.21 Å². The summed E-state index contributed by atoms with van der Waals surface area (Å²) in [5, 5.41) is 10.1. The fourth-order valence-corrected chi connectivity index (χ4v) is 1.46. The Balaban J connectivity index is 2.64. The van der Waals surface area contributed by atoms with E-state index in [1.165, 1.54) is 18.0 Å². The number of carbonyl (C=O) groups excluding carboxylic acids is 2. The third kappa shape index (κ3) is 4.52. The normalized spacial score (nSPS) is 12.7. The Kier molecular flexibility index (Phi) is 5.06. The number of alkyl carbamates (subject to hydrolysis) is 1. The summed E-state index contributed by atoms with van der Waals surface area (Å²) in [6.45, 7) is 7.12. The van der Waals surface area contributed by atoms with Crippen molar-refractivity contribution in [2.75, 3.05) is 7.11 Å². The van der Waals surface area contributed by atoms with Crippen molar-refractivity contribution in [3.8, 4) is 0 Å². The standard InChI is InChI=1S/C12H20N4O4/c1-8(10(17)19-5)16-9(7-14-15-16)6-13-11(18)20-12(2,3)4/h7-8H,6H2,1-5H3,(H,13,18)/t8-/m0/s1. The van der Waals surface area contributed by atoms with Crippen LogP contribution in [0.5, 0.6) is 0 Å². The third-order valence-electron chi connectivity index (χ3n) is 2.37. The summed E-state index contributed by atoms with van der Waals surface area (Å²) in [5.41, 5.74) is 0.00998. The Morgan fingerprint density at radius 1 is 1.45 bits per heavy atom. The van der Waals surface area contributed by atoms with Crippen molar-refractivity contribution in [1.29, 1.82) is 0 Å². The molecule has 0 unspecified atom stereocenters. The van der Waals surface area contributed by atoms with Gasteiger partial charge < -0.3 is 14.8 Å². The monoisotopic (exact) mass is 284 g/mol. The first-order chi connectivity index (χ1) is 9.24. The number of esters is 1. The quantitative estimate of drug-likeness (QED) is 0.830. The molecule has 0 spiro atoms. The lowest BCUT2D eigenvalue weighted by atomic mass is 10.2. The van der Waals surface area contributed by atoms with Crippen LogP contribution in [-0.2, 0) is 20.8 Å². The van der Waals surface area contributed by atoms with Crippen molar-refractivity contribution >= 4 is 12.1 Å². The van der Waals surface area contributed by atoms with E-state index in [2.05, 4.69) is 20.4 Å². The summed E-state index contributed by atoms with van der Waals surface area (Å²) in [5.74, 6) is -0.436. The van der Waals surface area contributed by atoms with Gasteiger partial charge >= 0.3 is 12.1 Å². The summed E-state index contributed by atoms with van der Waals surface area (Å²) in [4.78, 5) is 23.0. The molecule has 112 valence electrons. The molecule has 8 heteroatoms. The maximum absolute atomic E-state index is 11.6. The number of hydrogen-bond donors (Lipinski definition) is 1. The smallest absolute Gasteiger partial charge is 0.407 e. The van der Waals surface area contributed by atoms with E-state index in [0.29, 0.717) is 5.69 Å². The maximum atomic E-state index is 11.6. The molecule has 8 nitrogen and oxygen atoms in total. The lowest BCUT2D eigenvalue weighted by Gasteiger charge is -2.20. The molecule has 0 bridgehead atoms. The molecular formula is C12H20N4O4. The summed E-state index contributed by atoms with van der Waals surface area (Å²) in [6.07, 6.45) is 0.924. The van der Waals surface area contributed by atoms with Gasteiger partial charge in [0.25, 0.3) is 0 Å². The van der Waals surface area contributed by atoms with Gasteiger partial charge in [-0.25, -0.2) is 14.3 Å².